The van der Waals surface area contributed by atoms with Crippen molar-refractivity contribution in [3.8, 4) is 0 Å². The second-order valence-electron chi connectivity index (χ2n) is 4.86. The van der Waals surface area contributed by atoms with E-state index >= 15 is 0 Å². The van der Waals surface area contributed by atoms with E-state index in [0.29, 0.717) is 0 Å². The van der Waals surface area contributed by atoms with Crippen molar-refractivity contribution in [3.63, 3.8) is 0 Å². The average Bonchev–Trinajstić information content (AvgIpc) is 2.77. The summed E-state index contributed by atoms with van der Waals surface area (Å²) in [6.07, 6.45) is 0.132. The molecule has 1 aromatic carbocycles. The molecule has 0 radical (unpaired) electrons. The monoisotopic (exact) mass is 305 g/mol. The van der Waals surface area contributed by atoms with E-state index in [-0.39, 0.29) is 19.5 Å². The fourth-order valence-corrected chi connectivity index (χ4v) is 2.07. The van der Waals surface area contributed by atoms with E-state index in [9.17, 15) is 24.3 Å². The largest absolute Gasteiger partial charge is 0.480 e. The Kier molecular flexibility index (Phi) is 4.72. The summed E-state index contributed by atoms with van der Waals surface area (Å²) in [5.41, 5.74) is 0.768. The van der Waals surface area contributed by atoms with Crippen LogP contribution in [0.2, 0.25) is 0 Å². The molecule has 1 heterocycles. The number of rotatable bonds is 6. The number of hydrogen-bond acceptors (Lipinski definition) is 4. The summed E-state index contributed by atoms with van der Waals surface area (Å²) < 4.78 is 0. The van der Waals surface area contributed by atoms with Gasteiger partial charge in [-0.1, -0.05) is 30.3 Å². The van der Waals surface area contributed by atoms with Gasteiger partial charge in [-0.15, -0.1) is 0 Å². The normalized spacial score (nSPS) is 15.4. The summed E-state index contributed by atoms with van der Waals surface area (Å²) in [5, 5.41) is 13.6. The number of urea groups is 1. The minimum atomic E-state index is -1.17. The standard InChI is InChI=1S/C14H15N3O5/c18-11(7-17-8-12(19)16-14(17)22)15-10(13(20)21)6-9-4-2-1-3-5-9/h1-5,10H,6-8H2,(H,15,18)(H,20,21)(H,16,19,22)/t10-/m0/s1. The molecule has 0 aromatic heterocycles. The number of carboxylic acid groups (broad SMARTS) is 1. The van der Waals surface area contributed by atoms with Crippen LogP contribution >= 0.6 is 0 Å². The highest BCUT2D eigenvalue weighted by Crippen LogP contribution is 2.04. The molecule has 0 aliphatic carbocycles. The van der Waals surface area contributed by atoms with Crippen LogP contribution in [-0.2, 0) is 20.8 Å². The Morgan fingerprint density at radius 2 is 1.95 bits per heavy atom. The van der Waals surface area contributed by atoms with Crippen molar-refractivity contribution in [3.05, 3.63) is 35.9 Å². The molecule has 1 saturated heterocycles. The molecule has 1 aliphatic heterocycles. The van der Waals surface area contributed by atoms with Gasteiger partial charge in [0.05, 0.1) is 0 Å². The Bertz CT molecular complexity index is 602. The number of aliphatic carboxylic acids is 1. The molecule has 8 heteroatoms. The molecule has 1 atom stereocenters. The van der Waals surface area contributed by atoms with Crippen LogP contribution in [0.15, 0.2) is 30.3 Å². The predicted octanol–water partition coefficient (Wildman–Crippen LogP) is -0.650. The zero-order chi connectivity index (χ0) is 16.1. The van der Waals surface area contributed by atoms with Crippen LogP contribution in [0, 0.1) is 0 Å². The van der Waals surface area contributed by atoms with Gasteiger partial charge in [-0.05, 0) is 5.56 Å². The van der Waals surface area contributed by atoms with Crippen molar-refractivity contribution in [2.45, 2.75) is 12.5 Å². The number of imide groups is 1. The topological polar surface area (TPSA) is 116 Å². The van der Waals surface area contributed by atoms with Crippen LogP contribution in [-0.4, -0.2) is 53.0 Å². The third-order valence-corrected chi connectivity index (χ3v) is 3.12. The SMILES string of the molecule is O=C1CN(CC(=O)N[C@@H](Cc2ccccc2)C(=O)O)C(=O)N1. The molecular formula is C14H15N3O5. The van der Waals surface area contributed by atoms with Gasteiger partial charge in [0.1, 0.15) is 19.1 Å². The lowest BCUT2D eigenvalue weighted by atomic mass is 10.1. The van der Waals surface area contributed by atoms with Crippen molar-refractivity contribution in [1.82, 2.24) is 15.5 Å². The van der Waals surface area contributed by atoms with Crippen LogP contribution < -0.4 is 10.6 Å². The van der Waals surface area contributed by atoms with Crippen LogP contribution in [0.5, 0.6) is 0 Å². The smallest absolute Gasteiger partial charge is 0.326 e. The van der Waals surface area contributed by atoms with E-state index in [1.807, 2.05) is 5.32 Å². The first-order chi connectivity index (χ1) is 10.5. The van der Waals surface area contributed by atoms with Crippen molar-refractivity contribution >= 4 is 23.8 Å². The third kappa shape index (κ3) is 4.05. The summed E-state index contributed by atoms with van der Waals surface area (Å²) >= 11 is 0. The second-order valence-corrected chi connectivity index (χ2v) is 4.86. The van der Waals surface area contributed by atoms with Crippen LogP contribution in [0.25, 0.3) is 0 Å². The van der Waals surface area contributed by atoms with E-state index < -0.39 is 29.9 Å². The second kappa shape index (κ2) is 6.70. The third-order valence-electron chi connectivity index (χ3n) is 3.12. The Labute approximate surface area is 126 Å². The number of nitrogens with zero attached hydrogens (tertiary/aromatic N) is 1. The summed E-state index contributed by atoms with van der Waals surface area (Å²) in [4.78, 5) is 46.4. The van der Waals surface area contributed by atoms with E-state index in [4.69, 9.17) is 0 Å². The number of amides is 4. The molecule has 3 N–H and O–H groups in total. The number of hydrogen-bond donors (Lipinski definition) is 3. The Morgan fingerprint density at radius 3 is 2.50 bits per heavy atom. The average molecular weight is 305 g/mol. The van der Waals surface area contributed by atoms with Crippen molar-refractivity contribution in [2.75, 3.05) is 13.1 Å². The minimum Gasteiger partial charge on any atom is -0.480 e. The number of nitrogens with one attached hydrogen (secondary N) is 2. The summed E-state index contributed by atoms with van der Waals surface area (Å²) in [6, 6.07) is 7.11. The maximum Gasteiger partial charge on any atom is 0.326 e. The van der Waals surface area contributed by atoms with Crippen molar-refractivity contribution in [2.24, 2.45) is 0 Å². The van der Waals surface area contributed by atoms with E-state index in [0.717, 1.165) is 10.5 Å². The summed E-state index contributed by atoms with van der Waals surface area (Å²) in [6.45, 7) is -0.571. The highest BCUT2D eigenvalue weighted by atomic mass is 16.4. The summed E-state index contributed by atoms with van der Waals surface area (Å²) in [5.74, 6) is -2.29. The van der Waals surface area contributed by atoms with E-state index in [1.165, 1.54) is 0 Å². The van der Waals surface area contributed by atoms with Gasteiger partial charge in [-0.2, -0.15) is 0 Å². The Morgan fingerprint density at radius 1 is 1.27 bits per heavy atom. The van der Waals surface area contributed by atoms with Gasteiger partial charge in [-0.3, -0.25) is 14.9 Å². The lowest BCUT2D eigenvalue weighted by molar-refractivity contribution is -0.141. The van der Waals surface area contributed by atoms with Gasteiger partial charge in [0.25, 0.3) is 0 Å². The molecular weight excluding hydrogens is 290 g/mol. The summed E-state index contributed by atoms with van der Waals surface area (Å²) in [7, 11) is 0. The lowest BCUT2D eigenvalue weighted by Crippen LogP contribution is -2.47. The molecule has 1 fully saturated rings. The van der Waals surface area contributed by atoms with E-state index in [1.54, 1.807) is 30.3 Å². The predicted molar refractivity (Wildman–Crippen MR) is 74.8 cm³/mol. The first kappa shape index (κ1) is 15.5. The molecule has 116 valence electrons. The van der Waals surface area contributed by atoms with Gasteiger partial charge in [0.2, 0.25) is 11.8 Å². The zero-order valence-electron chi connectivity index (χ0n) is 11.6. The van der Waals surface area contributed by atoms with Gasteiger partial charge in [-0.25, -0.2) is 9.59 Å². The molecule has 2 rings (SSSR count). The lowest BCUT2D eigenvalue weighted by Gasteiger charge is -2.17. The molecule has 1 aliphatic rings. The number of carbonyl (C=O) groups excluding carboxylic acids is 3. The molecule has 1 aromatic rings. The molecule has 22 heavy (non-hydrogen) atoms. The fourth-order valence-electron chi connectivity index (χ4n) is 2.07. The van der Waals surface area contributed by atoms with Gasteiger partial charge in [0.15, 0.2) is 0 Å². The number of carboxylic acids is 1. The van der Waals surface area contributed by atoms with Gasteiger partial charge < -0.3 is 15.3 Å². The zero-order valence-corrected chi connectivity index (χ0v) is 11.6. The first-order valence-electron chi connectivity index (χ1n) is 6.60. The van der Waals surface area contributed by atoms with Gasteiger partial charge in [0, 0.05) is 6.42 Å². The molecule has 0 spiro atoms. The first-order valence-corrected chi connectivity index (χ1v) is 6.60. The molecule has 4 amide bonds. The quantitative estimate of drug-likeness (QED) is 0.604. The fraction of sp³-hybridized carbons (Fsp3) is 0.286. The van der Waals surface area contributed by atoms with Crippen LogP contribution in [0.1, 0.15) is 5.56 Å². The number of benzene rings is 1. The van der Waals surface area contributed by atoms with Gasteiger partial charge >= 0.3 is 12.0 Å². The maximum absolute atomic E-state index is 11.8. The Balaban J connectivity index is 1.93. The van der Waals surface area contributed by atoms with Crippen LogP contribution in [0.4, 0.5) is 4.79 Å². The van der Waals surface area contributed by atoms with Crippen molar-refractivity contribution < 1.29 is 24.3 Å². The van der Waals surface area contributed by atoms with Crippen LogP contribution in [0.3, 0.4) is 0 Å². The van der Waals surface area contributed by atoms with E-state index in [2.05, 4.69) is 5.32 Å². The molecule has 8 nitrogen and oxygen atoms in total. The van der Waals surface area contributed by atoms with Crippen molar-refractivity contribution in [1.29, 1.82) is 0 Å². The molecule has 0 saturated carbocycles. The maximum atomic E-state index is 11.8. The molecule has 0 bridgehead atoms. The highest BCUT2D eigenvalue weighted by Gasteiger charge is 2.29. The number of carbonyl (C=O) groups is 4. The molecule has 0 unspecified atom stereocenters. The minimum absolute atomic E-state index is 0.132. The highest BCUT2D eigenvalue weighted by molar-refractivity contribution is 6.03. The Hall–Kier alpha value is -2.90.